The van der Waals surface area contributed by atoms with Gasteiger partial charge in [-0.25, -0.2) is 10.2 Å². The molecule has 0 spiro atoms. The normalized spacial score (nSPS) is 11.2. The van der Waals surface area contributed by atoms with Crippen LogP contribution >= 0.6 is 11.3 Å². The molecule has 1 aromatic heterocycles. The van der Waals surface area contributed by atoms with Gasteiger partial charge in [0.1, 0.15) is 10.7 Å². The second kappa shape index (κ2) is 5.64. The summed E-state index contributed by atoms with van der Waals surface area (Å²) >= 11 is 1.21. The van der Waals surface area contributed by atoms with Gasteiger partial charge in [-0.3, -0.25) is 10.2 Å². The van der Waals surface area contributed by atoms with Crippen molar-refractivity contribution in [3.05, 3.63) is 34.5 Å². The molecular weight excluding hydrogens is 267 g/mol. The number of benzene rings is 1. The largest absolute Gasteiger partial charge is 0.374 e. The Labute approximate surface area is 114 Å². The predicted octanol–water partition coefficient (Wildman–Crippen LogP) is 2.57. The van der Waals surface area contributed by atoms with E-state index in [4.69, 9.17) is 10.6 Å². The molecule has 2 rings (SSSR count). The van der Waals surface area contributed by atoms with Gasteiger partial charge >= 0.3 is 0 Å². The quantitative estimate of drug-likeness (QED) is 0.514. The van der Waals surface area contributed by atoms with E-state index >= 15 is 0 Å². The topological polar surface area (TPSA) is 64.3 Å². The Balaban J connectivity index is 2.56. The standard InChI is InChI=1S/C13H15FN2O2S/c1-7(2)18-6-8-11-9(14)4-3-5-10(11)19-12(8)13(17)16-15/h3-5,7H,6,15H2,1-2H3,(H,16,17). The maximum absolute atomic E-state index is 13.9. The van der Waals surface area contributed by atoms with Crippen LogP contribution in [0.25, 0.3) is 10.1 Å². The lowest BCUT2D eigenvalue weighted by molar-refractivity contribution is 0.0655. The number of carbonyl (C=O) groups is 1. The van der Waals surface area contributed by atoms with E-state index in [2.05, 4.69) is 5.43 Å². The van der Waals surface area contributed by atoms with E-state index < -0.39 is 5.91 Å². The minimum Gasteiger partial charge on any atom is -0.374 e. The lowest BCUT2D eigenvalue weighted by Gasteiger charge is -2.08. The summed E-state index contributed by atoms with van der Waals surface area (Å²) in [5.41, 5.74) is 2.63. The molecule has 0 saturated heterocycles. The molecule has 1 heterocycles. The molecule has 0 aliphatic heterocycles. The van der Waals surface area contributed by atoms with Crippen molar-refractivity contribution in [3.63, 3.8) is 0 Å². The summed E-state index contributed by atoms with van der Waals surface area (Å²) in [7, 11) is 0. The number of hydrogen-bond donors (Lipinski definition) is 2. The zero-order valence-electron chi connectivity index (χ0n) is 10.7. The third kappa shape index (κ3) is 2.75. The number of thiophene rings is 1. The van der Waals surface area contributed by atoms with Gasteiger partial charge in [0.05, 0.1) is 12.7 Å². The van der Waals surface area contributed by atoms with Gasteiger partial charge in [-0.1, -0.05) is 6.07 Å². The van der Waals surface area contributed by atoms with Gasteiger partial charge in [-0.15, -0.1) is 11.3 Å². The fraction of sp³-hybridized carbons (Fsp3) is 0.308. The molecule has 102 valence electrons. The van der Waals surface area contributed by atoms with Crippen molar-refractivity contribution >= 4 is 27.3 Å². The molecule has 0 unspecified atom stereocenters. The molecule has 0 fully saturated rings. The van der Waals surface area contributed by atoms with Gasteiger partial charge in [0.15, 0.2) is 0 Å². The molecule has 1 aromatic carbocycles. The second-order valence-electron chi connectivity index (χ2n) is 4.36. The van der Waals surface area contributed by atoms with Crippen LogP contribution in [0.4, 0.5) is 4.39 Å². The molecule has 4 nitrogen and oxygen atoms in total. The molecule has 3 N–H and O–H groups in total. The van der Waals surface area contributed by atoms with Crippen molar-refractivity contribution in [2.45, 2.75) is 26.6 Å². The first-order chi connectivity index (χ1) is 9.04. The summed E-state index contributed by atoms with van der Waals surface area (Å²) in [6.45, 7) is 3.95. The molecule has 6 heteroatoms. The van der Waals surface area contributed by atoms with E-state index in [0.29, 0.717) is 20.5 Å². The summed E-state index contributed by atoms with van der Waals surface area (Å²) in [5.74, 6) is 4.38. The van der Waals surface area contributed by atoms with Gasteiger partial charge in [-0.05, 0) is 26.0 Å². The average molecular weight is 282 g/mol. The number of rotatable bonds is 4. The first kappa shape index (κ1) is 13.9. The van der Waals surface area contributed by atoms with Crippen molar-refractivity contribution in [1.29, 1.82) is 0 Å². The summed E-state index contributed by atoms with van der Waals surface area (Å²) in [6, 6.07) is 4.76. The van der Waals surface area contributed by atoms with Crippen LogP contribution in [0, 0.1) is 5.82 Å². The summed E-state index contributed by atoms with van der Waals surface area (Å²) in [4.78, 5) is 12.1. The molecule has 0 bridgehead atoms. The number of amides is 1. The number of carbonyl (C=O) groups excluding carboxylic acids is 1. The number of fused-ring (bicyclic) bond motifs is 1. The van der Waals surface area contributed by atoms with E-state index in [1.165, 1.54) is 17.4 Å². The van der Waals surface area contributed by atoms with Gasteiger partial charge in [0.25, 0.3) is 5.91 Å². The van der Waals surface area contributed by atoms with Crippen molar-refractivity contribution in [3.8, 4) is 0 Å². The highest BCUT2D eigenvalue weighted by Crippen LogP contribution is 2.33. The molecule has 0 atom stereocenters. The Kier molecular flexibility index (Phi) is 4.14. The Morgan fingerprint density at radius 1 is 1.53 bits per heavy atom. The molecule has 0 saturated carbocycles. The number of halogens is 1. The second-order valence-corrected chi connectivity index (χ2v) is 5.41. The fourth-order valence-corrected chi connectivity index (χ4v) is 2.93. The van der Waals surface area contributed by atoms with Crippen molar-refractivity contribution < 1.29 is 13.9 Å². The van der Waals surface area contributed by atoms with Crippen molar-refractivity contribution in [2.24, 2.45) is 5.84 Å². The predicted molar refractivity (Wildman–Crippen MR) is 73.4 cm³/mol. The molecule has 0 radical (unpaired) electrons. The fourth-order valence-electron chi connectivity index (χ4n) is 1.80. The Morgan fingerprint density at radius 2 is 2.26 bits per heavy atom. The van der Waals surface area contributed by atoms with Gasteiger partial charge in [0.2, 0.25) is 0 Å². The first-order valence-electron chi connectivity index (χ1n) is 5.87. The molecule has 2 aromatic rings. The van der Waals surface area contributed by atoms with Gasteiger partial charge < -0.3 is 4.74 Å². The zero-order chi connectivity index (χ0) is 14.0. The Hall–Kier alpha value is -1.50. The first-order valence-corrected chi connectivity index (χ1v) is 6.68. The number of nitrogens with one attached hydrogen (secondary N) is 1. The van der Waals surface area contributed by atoms with Crippen LogP contribution in [0.2, 0.25) is 0 Å². The SMILES string of the molecule is CC(C)OCc1c(C(=O)NN)sc2cccc(F)c12. The molecule has 0 aliphatic carbocycles. The van der Waals surface area contributed by atoms with E-state index in [1.807, 2.05) is 13.8 Å². The molecular formula is C13H15FN2O2S. The van der Waals surface area contributed by atoms with Gasteiger partial charge in [0, 0.05) is 15.6 Å². The minimum absolute atomic E-state index is 0.00416. The van der Waals surface area contributed by atoms with E-state index in [-0.39, 0.29) is 18.5 Å². The Bertz CT molecular complexity index is 610. The highest BCUT2D eigenvalue weighted by molar-refractivity contribution is 7.21. The highest BCUT2D eigenvalue weighted by Gasteiger charge is 2.20. The van der Waals surface area contributed by atoms with Crippen LogP contribution < -0.4 is 11.3 Å². The molecule has 0 aliphatic rings. The van der Waals surface area contributed by atoms with Crippen LogP contribution in [-0.2, 0) is 11.3 Å². The number of hydrogen-bond acceptors (Lipinski definition) is 4. The lowest BCUT2D eigenvalue weighted by atomic mass is 10.1. The number of nitrogens with two attached hydrogens (primary N) is 1. The maximum Gasteiger partial charge on any atom is 0.275 e. The van der Waals surface area contributed by atoms with Crippen LogP contribution in [0.5, 0.6) is 0 Å². The van der Waals surface area contributed by atoms with Crippen LogP contribution in [0.15, 0.2) is 18.2 Å². The van der Waals surface area contributed by atoms with Gasteiger partial charge in [-0.2, -0.15) is 0 Å². The lowest BCUT2D eigenvalue weighted by Crippen LogP contribution is -2.30. The van der Waals surface area contributed by atoms with Crippen molar-refractivity contribution in [2.75, 3.05) is 0 Å². The third-order valence-corrected chi connectivity index (χ3v) is 3.86. The minimum atomic E-state index is -0.428. The van der Waals surface area contributed by atoms with E-state index in [9.17, 15) is 9.18 Å². The van der Waals surface area contributed by atoms with Crippen LogP contribution in [-0.4, -0.2) is 12.0 Å². The molecule has 1 amide bonds. The summed E-state index contributed by atoms with van der Waals surface area (Å²) < 4.78 is 20.2. The number of ether oxygens (including phenoxy) is 1. The number of nitrogen functional groups attached to an aromatic ring is 1. The average Bonchev–Trinajstić information content (AvgIpc) is 2.75. The van der Waals surface area contributed by atoms with E-state index in [1.54, 1.807) is 12.1 Å². The van der Waals surface area contributed by atoms with E-state index in [0.717, 1.165) is 0 Å². The zero-order valence-corrected chi connectivity index (χ0v) is 11.5. The monoisotopic (exact) mass is 282 g/mol. The van der Waals surface area contributed by atoms with Crippen LogP contribution in [0.3, 0.4) is 0 Å². The van der Waals surface area contributed by atoms with Crippen molar-refractivity contribution in [1.82, 2.24) is 5.43 Å². The third-order valence-electron chi connectivity index (χ3n) is 2.66. The smallest absolute Gasteiger partial charge is 0.275 e. The number of hydrazine groups is 1. The summed E-state index contributed by atoms with van der Waals surface area (Å²) in [5, 5.41) is 0.437. The maximum atomic E-state index is 13.9. The molecule has 19 heavy (non-hydrogen) atoms. The Morgan fingerprint density at radius 3 is 2.89 bits per heavy atom. The highest BCUT2D eigenvalue weighted by atomic mass is 32.1. The summed E-state index contributed by atoms with van der Waals surface area (Å²) in [6.07, 6.45) is -0.00416. The van der Waals surface area contributed by atoms with Crippen LogP contribution in [0.1, 0.15) is 29.1 Å².